The van der Waals surface area contributed by atoms with Crippen molar-refractivity contribution in [1.82, 2.24) is 15.0 Å². The van der Waals surface area contributed by atoms with Gasteiger partial charge in [0.2, 0.25) is 0 Å². The second-order valence-electron chi connectivity index (χ2n) is 5.45. The minimum absolute atomic E-state index is 0.679. The number of rotatable bonds is 4. The third-order valence-corrected chi connectivity index (χ3v) is 4.93. The molecule has 0 radical (unpaired) electrons. The average molecular weight is 352 g/mol. The van der Waals surface area contributed by atoms with Crippen molar-refractivity contribution in [3.8, 4) is 11.5 Å². The predicted octanol–water partition coefficient (Wildman–Crippen LogP) is 4.31. The van der Waals surface area contributed by atoms with Gasteiger partial charge in [-0.05, 0) is 31.2 Å². The van der Waals surface area contributed by atoms with E-state index in [1.165, 1.54) is 0 Å². The molecule has 0 aliphatic carbocycles. The van der Waals surface area contributed by atoms with E-state index >= 15 is 0 Å². The molecule has 126 valence electrons. The summed E-state index contributed by atoms with van der Waals surface area (Å²) in [7, 11) is 3.26. The molecule has 0 fully saturated rings. The Bertz CT molecular complexity index is 1080. The Balaban J connectivity index is 1.88. The molecule has 0 amide bonds. The van der Waals surface area contributed by atoms with E-state index in [0.717, 1.165) is 43.4 Å². The largest absolute Gasteiger partial charge is 0.497 e. The van der Waals surface area contributed by atoms with Crippen molar-refractivity contribution in [2.75, 3.05) is 19.5 Å². The van der Waals surface area contributed by atoms with Crippen molar-refractivity contribution in [2.24, 2.45) is 0 Å². The van der Waals surface area contributed by atoms with Crippen molar-refractivity contribution in [3.63, 3.8) is 0 Å². The highest BCUT2D eigenvalue weighted by atomic mass is 32.1. The molecule has 2 aromatic carbocycles. The minimum atomic E-state index is 0.679. The molecular weight excluding hydrogens is 336 g/mol. The molecular formula is C18H16N4O2S. The first-order chi connectivity index (χ1) is 12.2. The van der Waals surface area contributed by atoms with Gasteiger partial charge in [-0.3, -0.25) is 0 Å². The highest BCUT2D eigenvalue weighted by Gasteiger charge is 2.13. The zero-order valence-electron chi connectivity index (χ0n) is 14.0. The lowest BCUT2D eigenvalue weighted by Crippen LogP contribution is -1.99. The van der Waals surface area contributed by atoms with Crippen molar-refractivity contribution in [3.05, 3.63) is 41.7 Å². The Hall–Kier alpha value is -2.93. The van der Waals surface area contributed by atoms with Gasteiger partial charge < -0.3 is 14.8 Å². The average Bonchev–Trinajstić information content (AvgIpc) is 3.02. The maximum Gasteiger partial charge on any atom is 0.146 e. The Labute approximate surface area is 148 Å². The summed E-state index contributed by atoms with van der Waals surface area (Å²) in [6, 6.07) is 9.57. The molecule has 2 aromatic heterocycles. The van der Waals surface area contributed by atoms with Gasteiger partial charge in [0.15, 0.2) is 0 Å². The number of anilines is 2. The minimum Gasteiger partial charge on any atom is -0.497 e. The molecule has 0 unspecified atom stereocenters. The van der Waals surface area contributed by atoms with Crippen molar-refractivity contribution < 1.29 is 9.47 Å². The molecule has 0 saturated carbocycles. The van der Waals surface area contributed by atoms with Crippen LogP contribution in [0.2, 0.25) is 0 Å². The van der Waals surface area contributed by atoms with Crippen LogP contribution in [0.5, 0.6) is 11.5 Å². The Kier molecular flexibility index (Phi) is 3.85. The number of aromatic nitrogens is 3. The Morgan fingerprint density at radius 1 is 1.00 bits per heavy atom. The SMILES string of the molecule is COc1ccc(Nc2ncnc3ccc4nc(C)sc4c23)c(OC)c1. The van der Waals surface area contributed by atoms with Gasteiger partial charge in [0, 0.05) is 6.07 Å². The van der Waals surface area contributed by atoms with Crippen LogP contribution in [0.15, 0.2) is 36.7 Å². The normalized spacial score (nSPS) is 11.0. The molecule has 4 rings (SSSR count). The molecule has 7 heteroatoms. The van der Waals surface area contributed by atoms with Crippen molar-refractivity contribution >= 4 is 44.0 Å². The number of methoxy groups -OCH3 is 2. The summed E-state index contributed by atoms with van der Waals surface area (Å²) in [6.45, 7) is 2.00. The number of hydrogen-bond acceptors (Lipinski definition) is 7. The second kappa shape index (κ2) is 6.18. The van der Waals surface area contributed by atoms with E-state index in [-0.39, 0.29) is 0 Å². The molecule has 1 N–H and O–H groups in total. The van der Waals surface area contributed by atoms with Crippen LogP contribution in [-0.4, -0.2) is 29.2 Å². The van der Waals surface area contributed by atoms with Crippen LogP contribution in [0.4, 0.5) is 11.5 Å². The molecule has 6 nitrogen and oxygen atoms in total. The van der Waals surface area contributed by atoms with Gasteiger partial charge in [0.25, 0.3) is 0 Å². The quantitative estimate of drug-likeness (QED) is 0.590. The van der Waals surface area contributed by atoms with Crippen LogP contribution in [-0.2, 0) is 0 Å². The maximum atomic E-state index is 5.47. The number of hydrogen-bond donors (Lipinski definition) is 1. The van der Waals surface area contributed by atoms with Gasteiger partial charge in [-0.1, -0.05) is 0 Å². The molecule has 0 bridgehead atoms. The number of nitrogens with zero attached hydrogens (tertiary/aromatic N) is 3. The predicted molar refractivity (Wildman–Crippen MR) is 100 cm³/mol. The smallest absolute Gasteiger partial charge is 0.146 e. The lowest BCUT2D eigenvalue weighted by atomic mass is 10.2. The third kappa shape index (κ3) is 2.72. The van der Waals surface area contributed by atoms with E-state index in [4.69, 9.17) is 9.47 Å². The van der Waals surface area contributed by atoms with Crippen molar-refractivity contribution in [2.45, 2.75) is 6.92 Å². The highest BCUT2D eigenvalue weighted by molar-refractivity contribution is 7.19. The number of nitrogens with one attached hydrogen (secondary N) is 1. The zero-order chi connectivity index (χ0) is 17.4. The van der Waals surface area contributed by atoms with Gasteiger partial charge in [-0.15, -0.1) is 11.3 Å². The van der Waals surface area contributed by atoms with E-state index in [0.29, 0.717) is 5.75 Å². The maximum absolute atomic E-state index is 5.47. The van der Waals surface area contributed by atoms with Crippen LogP contribution < -0.4 is 14.8 Å². The lowest BCUT2D eigenvalue weighted by molar-refractivity contribution is 0.395. The second-order valence-corrected chi connectivity index (χ2v) is 6.66. The first kappa shape index (κ1) is 15.6. The molecule has 0 aliphatic rings. The summed E-state index contributed by atoms with van der Waals surface area (Å²) in [5, 5.41) is 5.34. The first-order valence-electron chi connectivity index (χ1n) is 7.69. The standard InChI is InChI=1S/C18H16N4O2S/c1-10-21-14-7-6-13-16(17(14)25-10)18(20-9-19-13)22-12-5-4-11(23-2)8-15(12)24-3/h4-9H,1-3H3,(H,19,20,22). The fourth-order valence-electron chi connectivity index (χ4n) is 2.77. The van der Waals surface area contributed by atoms with Crippen LogP contribution >= 0.6 is 11.3 Å². The molecule has 4 aromatic rings. The molecule has 0 atom stereocenters. The first-order valence-corrected chi connectivity index (χ1v) is 8.51. The summed E-state index contributed by atoms with van der Waals surface area (Å²) >= 11 is 1.64. The molecule has 2 heterocycles. The monoisotopic (exact) mass is 352 g/mol. The lowest BCUT2D eigenvalue weighted by Gasteiger charge is -2.13. The van der Waals surface area contributed by atoms with Crippen LogP contribution in [0, 0.1) is 6.92 Å². The number of fused-ring (bicyclic) bond motifs is 3. The van der Waals surface area contributed by atoms with E-state index in [1.807, 2.05) is 37.3 Å². The molecule has 0 saturated heterocycles. The van der Waals surface area contributed by atoms with E-state index < -0.39 is 0 Å². The summed E-state index contributed by atoms with van der Waals surface area (Å²) < 4.78 is 11.8. The molecule has 25 heavy (non-hydrogen) atoms. The Morgan fingerprint density at radius 2 is 1.84 bits per heavy atom. The summed E-state index contributed by atoms with van der Waals surface area (Å²) in [4.78, 5) is 13.4. The summed E-state index contributed by atoms with van der Waals surface area (Å²) in [5.41, 5.74) is 2.64. The number of aryl methyl sites for hydroxylation is 1. The van der Waals surface area contributed by atoms with E-state index in [1.54, 1.807) is 31.9 Å². The van der Waals surface area contributed by atoms with Crippen LogP contribution in [0.3, 0.4) is 0 Å². The van der Waals surface area contributed by atoms with Gasteiger partial charge in [-0.2, -0.15) is 0 Å². The van der Waals surface area contributed by atoms with Crippen LogP contribution in [0.1, 0.15) is 5.01 Å². The topological polar surface area (TPSA) is 69.2 Å². The summed E-state index contributed by atoms with van der Waals surface area (Å²) in [6.07, 6.45) is 1.56. The fraction of sp³-hybridized carbons (Fsp3) is 0.167. The van der Waals surface area contributed by atoms with Gasteiger partial charge >= 0.3 is 0 Å². The summed E-state index contributed by atoms with van der Waals surface area (Å²) in [5.74, 6) is 2.14. The molecule has 0 spiro atoms. The fourth-order valence-corrected chi connectivity index (χ4v) is 3.73. The zero-order valence-corrected chi connectivity index (χ0v) is 14.8. The van der Waals surface area contributed by atoms with E-state index in [9.17, 15) is 0 Å². The van der Waals surface area contributed by atoms with Crippen LogP contribution in [0.25, 0.3) is 21.1 Å². The number of thiazole rings is 1. The van der Waals surface area contributed by atoms with Gasteiger partial charge in [-0.25, -0.2) is 15.0 Å². The van der Waals surface area contributed by atoms with Crippen molar-refractivity contribution in [1.29, 1.82) is 0 Å². The third-order valence-electron chi connectivity index (χ3n) is 3.92. The number of ether oxygens (including phenoxy) is 2. The molecule has 0 aliphatic heterocycles. The van der Waals surface area contributed by atoms with Gasteiger partial charge in [0.1, 0.15) is 23.6 Å². The highest BCUT2D eigenvalue weighted by Crippen LogP contribution is 2.36. The Morgan fingerprint density at radius 3 is 2.64 bits per heavy atom. The number of benzene rings is 2. The van der Waals surface area contributed by atoms with E-state index in [2.05, 4.69) is 20.3 Å². The van der Waals surface area contributed by atoms with Gasteiger partial charge in [0.05, 0.1) is 46.0 Å².